The van der Waals surface area contributed by atoms with Crippen molar-refractivity contribution in [2.24, 2.45) is 5.41 Å². The molecule has 0 aromatic rings. The largest absolute Gasteiger partial charge is 1.00 e. The van der Waals surface area contributed by atoms with E-state index in [0.717, 1.165) is 0 Å². The van der Waals surface area contributed by atoms with Crippen LogP contribution in [0.1, 0.15) is 27.2 Å². The zero-order valence-electron chi connectivity index (χ0n) is 8.99. The van der Waals surface area contributed by atoms with E-state index in [0.29, 0.717) is 5.57 Å². The van der Waals surface area contributed by atoms with Crippen LogP contribution in [0.2, 0.25) is 0 Å². The minimum absolute atomic E-state index is 0. The van der Waals surface area contributed by atoms with Gasteiger partial charge in [-0.05, 0) is 11.0 Å². The van der Waals surface area contributed by atoms with Crippen LogP contribution in [0.5, 0.6) is 0 Å². The quantitative estimate of drug-likeness (QED) is 0.427. The molecule has 0 fully saturated rings. The first kappa shape index (κ1) is 15.0. The summed E-state index contributed by atoms with van der Waals surface area (Å²) in [6.45, 7) is 5.68. The Morgan fingerprint density at radius 3 is 2.14 bits per heavy atom. The van der Waals surface area contributed by atoms with E-state index in [2.05, 4.69) is 0 Å². The number of allylic oxidation sites excluding steroid dienone is 4. The summed E-state index contributed by atoms with van der Waals surface area (Å²) in [5.41, 5.74) is 0.363. The molecule has 3 nitrogen and oxygen atoms in total. The molecule has 5 heteroatoms. The molecule has 1 rings (SSSR count). The van der Waals surface area contributed by atoms with Gasteiger partial charge < -0.3 is 4.55 Å². The molecule has 14 heavy (non-hydrogen) atoms. The Kier molecular flexibility index (Phi) is 5.27. The van der Waals surface area contributed by atoms with Crippen LogP contribution < -0.4 is 51.4 Å². The molecule has 0 spiro atoms. The van der Waals surface area contributed by atoms with E-state index in [1.807, 2.05) is 20.8 Å². The van der Waals surface area contributed by atoms with Crippen molar-refractivity contribution in [1.29, 1.82) is 0 Å². The second-order valence-corrected chi connectivity index (χ2v) is 5.55. The molecule has 0 N–H and O–H groups in total. The second kappa shape index (κ2) is 4.91. The van der Waals surface area contributed by atoms with Crippen molar-refractivity contribution in [3.8, 4) is 0 Å². The molecule has 0 unspecified atom stereocenters. The van der Waals surface area contributed by atoms with Crippen molar-refractivity contribution in [2.45, 2.75) is 27.2 Å². The molecule has 0 aromatic heterocycles. The first-order valence-electron chi connectivity index (χ1n) is 4.09. The van der Waals surface area contributed by atoms with Crippen molar-refractivity contribution in [2.75, 3.05) is 0 Å². The monoisotopic (exact) mass is 240 g/mol. The third kappa shape index (κ3) is 3.55. The van der Waals surface area contributed by atoms with Crippen LogP contribution in [0.25, 0.3) is 0 Å². The fourth-order valence-corrected chi connectivity index (χ4v) is 2.34. The molecule has 0 amide bonds. The summed E-state index contributed by atoms with van der Waals surface area (Å²) in [6.07, 6.45) is 3.69. The van der Waals surface area contributed by atoms with Gasteiger partial charge in [-0.15, -0.1) is 0 Å². The average Bonchev–Trinajstić information content (AvgIpc) is 2.27. The molecule has 0 radical (unpaired) electrons. The van der Waals surface area contributed by atoms with E-state index in [4.69, 9.17) is 0 Å². The molecule has 0 saturated heterocycles. The van der Waals surface area contributed by atoms with E-state index in [9.17, 15) is 13.0 Å². The van der Waals surface area contributed by atoms with Gasteiger partial charge in [0.05, 0.1) is 0 Å². The van der Waals surface area contributed by atoms with Gasteiger partial charge in [-0.3, -0.25) is 0 Å². The van der Waals surface area contributed by atoms with E-state index < -0.39 is 10.1 Å². The SMILES string of the molecule is CC(C)(C)C1=C(S(=O)(=O)[O-])CC=C1.[K+]. The molecular formula is C9H13KO3S. The first-order chi connectivity index (χ1) is 5.73. The number of hydrogen-bond donors (Lipinski definition) is 0. The van der Waals surface area contributed by atoms with Crippen LogP contribution >= 0.6 is 0 Å². The molecule has 0 heterocycles. The standard InChI is InChI=1S/C9H14O3S.K/c1-9(2,3)7-5-4-6-8(7)13(10,11)12;/h4-5H,6H2,1-3H3,(H,10,11,12);/q;+1/p-1. The molecule has 1 aliphatic rings. The van der Waals surface area contributed by atoms with Gasteiger partial charge in [-0.2, -0.15) is 0 Å². The van der Waals surface area contributed by atoms with Crippen LogP contribution in [0, 0.1) is 5.41 Å². The smallest absolute Gasteiger partial charge is 0.744 e. The van der Waals surface area contributed by atoms with Crippen molar-refractivity contribution in [1.82, 2.24) is 0 Å². The summed E-state index contributed by atoms with van der Waals surface area (Å²) in [5.74, 6) is 0. The Hall–Kier alpha value is 1.03. The maximum absolute atomic E-state index is 10.8. The summed E-state index contributed by atoms with van der Waals surface area (Å²) in [5, 5.41) is 0. The minimum Gasteiger partial charge on any atom is -0.744 e. The molecule has 0 aromatic carbocycles. The molecule has 1 aliphatic carbocycles. The Morgan fingerprint density at radius 1 is 1.36 bits per heavy atom. The Morgan fingerprint density at radius 2 is 1.86 bits per heavy atom. The van der Waals surface area contributed by atoms with Crippen LogP contribution in [-0.4, -0.2) is 13.0 Å². The third-order valence-corrected chi connectivity index (χ3v) is 2.99. The first-order valence-corrected chi connectivity index (χ1v) is 5.50. The number of hydrogen-bond acceptors (Lipinski definition) is 3. The van der Waals surface area contributed by atoms with Gasteiger partial charge in [-0.1, -0.05) is 32.9 Å². The van der Waals surface area contributed by atoms with Crippen LogP contribution in [0.3, 0.4) is 0 Å². The normalized spacial score (nSPS) is 17.1. The Balaban J connectivity index is 0.00000169. The van der Waals surface area contributed by atoms with E-state index >= 15 is 0 Å². The minimum atomic E-state index is -4.27. The number of rotatable bonds is 1. The van der Waals surface area contributed by atoms with Gasteiger partial charge in [0.25, 0.3) is 0 Å². The fraction of sp³-hybridized carbons (Fsp3) is 0.556. The van der Waals surface area contributed by atoms with Crippen molar-refractivity contribution in [3.05, 3.63) is 22.6 Å². The van der Waals surface area contributed by atoms with E-state index in [1.54, 1.807) is 12.2 Å². The Bertz CT molecular complexity index is 371. The molecular weight excluding hydrogens is 227 g/mol. The van der Waals surface area contributed by atoms with Crippen molar-refractivity contribution >= 4 is 10.1 Å². The predicted molar refractivity (Wildman–Crippen MR) is 49.9 cm³/mol. The van der Waals surface area contributed by atoms with Crippen molar-refractivity contribution < 1.29 is 64.4 Å². The third-order valence-electron chi connectivity index (χ3n) is 2.00. The topological polar surface area (TPSA) is 57.2 Å². The van der Waals surface area contributed by atoms with Gasteiger partial charge in [0.2, 0.25) is 0 Å². The Labute approximate surface area is 128 Å². The summed E-state index contributed by atoms with van der Waals surface area (Å²) < 4.78 is 32.5. The zero-order valence-corrected chi connectivity index (χ0v) is 12.9. The zero-order chi connectivity index (χ0) is 10.3. The van der Waals surface area contributed by atoms with Crippen LogP contribution in [-0.2, 0) is 10.1 Å². The van der Waals surface area contributed by atoms with E-state index in [-0.39, 0.29) is 68.1 Å². The molecule has 74 valence electrons. The van der Waals surface area contributed by atoms with Gasteiger partial charge in [0.15, 0.2) is 0 Å². The van der Waals surface area contributed by atoms with Gasteiger partial charge in [-0.25, -0.2) is 8.42 Å². The summed E-state index contributed by atoms with van der Waals surface area (Å²) >= 11 is 0. The summed E-state index contributed by atoms with van der Waals surface area (Å²) in [4.78, 5) is 0.0278. The van der Waals surface area contributed by atoms with E-state index in [1.165, 1.54) is 0 Å². The predicted octanol–water partition coefficient (Wildman–Crippen LogP) is -1.20. The fourth-order valence-electron chi connectivity index (χ4n) is 1.39. The molecule has 0 aliphatic heterocycles. The van der Waals surface area contributed by atoms with Gasteiger partial charge in [0.1, 0.15) is 10.1 Å². The molecule has 0 saturated carbocycles. The van der Waals surface area contributed by atoms with Gasteiger partial charge >= 0.3 is 51.4 Å². The maximum atomic E-state index is 10.8. The summed E-state index contributed by atoms with van der Waals surface area (Å²) in [6, 6.07) is 0. The molecule has 0 bridgehead atoms. The molecule has 0 atom stereocenters. The van der Waals surface area contributed by atoms with Crippen LogP contribution in [0.15, 0.2) is 22.6 Å². The maximum Gasteiger partial charge on any atom is 1.00 e. The van der Waals surface area contributed by atoms with Crippen molar-refractivity contribution in [3.63, 3.8) is 0 Å². The average molecular weight is 240 g/mol. The van der Waals surface area contributed by atoms with Gasteiger partial charge in [0, 0.05) is 11.3 Å². The van der Waals surface area contributed by atoms with Crippen LogP contribution in [0.4, 0.5) is 0 Å². The summed E-state index contributed by atoms with van der Waals surface area (Å²) in [7, 11) is -4.27. The second-order valence-electron chi connectivity index (χ2n) is 4.15.